The van der Waals surface area contributed by atoms with E-state index >= 15 is 0 Å². The molecule has 8 heteroatoms. The lowest BCUT2D eigenvalue weighted by Crippen LogP contribution is -2.29. The molecular weight excluding hydrogens is 384 g/mol. The number of oxime groups is 1. The average molecular weight is 408 g/mol. The largest absolute Gasteiger partial charge is 0.481 e. The van der Waals surface area contributed by atoms with E-state index < -0.39 is 5.97 Å². The van der Waals surface area contributed by atoms with Crippen LogP contribution in [0.4, 0.5) is 0 Å². The van der Waals surface area contributed by atoms with E-state index in [2.05, 4.69) is 15.5 Å². The summed E-state index contributed by atoms with van der Waals surface area (Å²) >= 11 is 0. The zero-order valence-electron chi connectivity index (χ0n) is 16.5. The summed E-state index contributed by atoms with van der Waals surface area (Å²) in [6.45, 7) is 0.620. The summed E-state index contributed by atoms with van der Waals surface area (Å²) in [7, 11) is 0. The predicted molar refractivity (Wildman–Crippen MR) is 113 cm³/mol. The van der Waals surface area contributed by atoms with Crippen LogP contribution in [0.15, 0.2) is 64.7 Å². The molecule has 0 saturated carbocycles. The van der Waals surface area contributed by atoms with Crippen molar-refractivity contribution in [2.45, 2.75) is 31.9 Å². The van der Waals surface area contributed by atoms with Gasteiger partial charge >= 0.3 is 5.97 Å². The number of amides is 1. The van der Waals surface area contributed by atoms with Crippen LogP contribution in [0.3, 0.4) is 0 Å². The molecular formula is C22H24N4O4. The minimum absolute atomic E-state index is 0.101. The van der Waals surface area contributed by atoms with Crippen molar-refractivity contribution < 1.29 is 19.5 Å². The third-order valence-corrected chi connectivity index (χ3v) is 4.60. The molecule has 30 heavy (non-hydrogen) atoms. The third-order valence-electron chi connectivity index (χ3n) is 4.60. The first kappa shape index (κ1) is 21.0. The van der Waals surface area contributed by atoms with Crippen molar-refractivity contribution in [1.82, 2.24) is 5.32 Å². The Bertz CT molecular complexity index is 939. The molecule has 1 aliphatic heterocycles. The molecule has 1 atom stereocenters. The number of benzene rings is 2. The number of hydrogen-bond acceptors (Lipinski definition) is 5. The van der Waals surface area contributed by atoms with Crippen LogP contribution in [-0.4, -0.2) is 41.2 Å². The number of carbonyl (C=O) groups is 2. The van der Waals surface area contributed by atoms with Crippen molar-refractivity contribution in [3.8, 4) is 0 Å². The van der Waals surface area contributed by atoms with Gasteiger partial charge in [0.25, 0.3) is 0 Å². The number of carbonyl (C=O) groups excluding carboxylic acids is 1. The van der Waals surface area contributed by atoms with Crippen LogP contribution >= 0.6 is 0 Å². The Hall–Kier alpha value is -3.68. The maximum atomic E-state index is 11.8. The van der Waals surface area contributed by atoms with Crippen LogP contribution in [0, 0.1) is 0 Å². The number of hydrogen-bond donors (Lipinski definition) is 3. The van der Waals surface area contributed by atoms with Gasteiger partial charge in [0, 0.05) is 18.5 Å². The Balaban J connectivity index is 1.50. The summed E-state index contributed by atoms with van der Waals surface area (Å²) in [6.07, 6.45) is 0.165. The van der Waals surface area contributed by atoms with E-state index in [1.807, 2.05) is 54.6 Å². The van der Waals surface area contributed by atoms with Crippen molar-refractivity contribution in [3.63, 3.8) is 0 Å². The van der Waals surface area contributed by atoms with Crippen molar-refractivity contribution in [1.29, 1.82) is 0 Å². The Morgan fingerprint density at radius 2 is 1.90 bits per heavy atom. The van der Waals surface area contributed by atoms with Gasteiger partial charge in [-0.05, 0) is 11.1 Å². The second-order valence-electron chi connectivity index (χ2n) is 6.93. The summed E-state index contributed by atoms with van der Waals surface area (Å²) in [5, 5.41) is 15.2. The topological polar surface area (TPSA) is 126 Å². The second-order valence-corrected chi connectivity index (χ2v) is 6.93. The van der Waals surface area contributed by atoms with Crippen molar-refractivity contribution >= 4 is 23.4 Å². The molecule has 156 valence electrons. The lowest BCUT2D eigenvalue weighted by atomic mass is 10.0. The van der Waals surface area contributed by atoms with E-state index in [0.29, 0.717) is 18.8 Å². The highest BCUT2D eigenvalue weighted by atomic mass is 16.6. The molecule has 0 bridgehead atoms. The smallest absolute Gasteiger partial charge is 0.305 e. The fourth-order valence-corrected chi connectivity index (χ4v) is 2.98. The van der Waals surface area contributed by atoms with Crippen LogP contribution in [-0.2, 0) is 21.0 Å². The standard InChI is InChI=1S/C22H24N4O4/c23-22(25-14-15-4-2-1-3-5-15)17-8-6-16(7-9-17)19-12-18(30-26-19)13-20(27)24-11-10-21(28)29/h1-9,18H,10-14H2,(H2,23,25)(H,24,27)(H,28,29)/t18-/m1/s1. The molecule has 8 nitrogen and oxygen atoms in total. The molecule has 1 aliphatic rings. The van der Waals surface area contributed by atoms with Gasteiger partial charge in [0.1, 0.15) is 11.9 Å². The maximum absolute atomic E-state index is 11.8. The highest BCUT2D eigenvalue weighted by Gasteiger charge is 2.24. The van der Waals surface area contributed by atoms with Crippen LogP contribution in [0.5, 0.6) is 0 Å². The Morgan fingerprint density at radius 1 is 1.17 bits per heavy atom. The zero-order chi connectivity index (χ0) is 21.3. The van der Waals surface area contributed by atoms with Gasteiger partial charge in [-0.15, -0.1) is 0 Å². The molecule has 0 spiro atoms. The van der Waals surface area contributed by atoms with E-state index in [0.717, 1.165) is 22.4 Å². The normalized spacial score (nSPS) is 15.9. The first-order valence-corrected chi connectivity index (χ1v) is 9.67. The van der Waals surface area contributed by atoms with Gasteiger partial charge < -0.3 is 21.0 Å². The van der Waals surface area contributed by atoms with Gasteiger partial charge in [0.05, 0.1) is 25.1 Å². The fourth-order valence-electron chi connectivity index (χ4n) is 2.98. The third kappa shape index (κ3) is 6.16. The van der Waals surface area contributed by atoms with E-state index in [-0.39, 0.29) is 31.4 Å². The number of nitrogens with zero attached hydrogens (tertiary/aromatic N) is 2. The predicted octanol–water partition coefficient (Wildman–Crippen LogP) is 2.07. The number of nitrogens with one attached hydrogen (secondary N) is 1. The second kappa shape index (κ2) is 10.2. The molecule has 1 heterocycles. The molecule has 0 fully saturated rings. The number of amidine groups is 1. The van der Waals surface area contributed by atoms with Crippen molar-refractivity contribution in [2.75, 3.05) is 6.54 Å². The number of nitrogens with two attached hydrogens (primary N) is 1. The van der Waals surface area contributed by atoms with Gasteiger partial charge in [-0.3, -0.25) is 14.6 Å². The van der Waals surface area contributed by atoms with Gasteiger partial charge in [0.15, 0.2) is 0 Å². The number of rotatable bonds is 9. The summed E-state index contributed by atoms with van der Waals surface area (Å²) in [6, 6.07) is 17.5. The molecule has 0 saturated heterocycles. The summed E-state index contributed by atoms with van der Waals surface area (Å²) in [4.78, 5) is 32.1. The molecule has 2 aromatic carbocycles. The molecule has 0 unspecified atom stereocenters. The molecule has 0 aromatic heterocycles. The lowest BCUT2D eigenvalue weighted by Gasteiger charge is -2.08. The minimum Gasteiger partial charge on any atom is -0.481 e. The number of aliphatic imine (C=N–C) groups is 1. The Kier molecular flexibility index (Phi) is 7.15. The molecule has 2 aromatic rings. The molecule has 0 radical (unpaired) electrons. The Labute approximate surface area is 174 Å². The summed E-state index contributed by atoms with van der Waals surface area (Å²) in [5.74, 6) is -0.742. The van der Waals surface area contributed by atoms with E-state index in [1.54, 1.807) is 0 Å². The summed E-state index contributed by atoms with van der Waals surface area (Å²) < 4.78 is 0. The molecule has 1 amide bonds. The first-order chi connectivity index (χ1) is 14.5. The average Bonchev–Trinajstić information content (AvgIpc) is 3.21. The van der Waals surface area contributed by atoms with Gasteiger partial charge in [-0.2, -0.15) is 0 Å². The van der Waals surface area contributed by atoms with Crippen LogP contribution in [0.2, 0.25) is 0 Å². The van der Waals surface area contributed by atoms with Gasteiger partial charge in [0.2, 0.25) is 5.91 Å². The lowest BCUT2D eigenvalue weighted by molar-refractivity contribution is -0.136. The maximum Gasteiger partial charge on any atom is 0.305 e. The quantitative estimate of drug-likeness (QED) is 0.432. The van der Waals surface area contributed by atoms with Crippen LogP contribution < -0.4 is 11.1 Å². The van der Waals surface area contributed by atoms with Crippen molar-refractivity contribution in [3.05, 3.63) is 71.3 Å². The fraction of sp³-hybridized carbons (Fsp3) is 0.273. The highest BCUT2D eigenvalue weighted by molar-refractivity contribution is 6.03. The monoisotopic (exact) mass is 408 g/mol. The Morgan fingerprint density at radius 3 is 2.60 bits per heavy atom. The number of carboxylic acids is 1. The van der Waals surface area contributed by atoms with E-state index in [1.165, 1.54) is 0 Å². The van der Waals surface area contributed by atoms with Crippen LogP contribution in [0.25, 0.3) is 0 Å². The number of aliphatic carboxylic acids is 1. The molecule has 3 rings (SSSR count). The SMILES string of the molecule is NC(=NCc1ccccc1)c1ccc(C2=NO[C@@H](CC(=O)NCCC(=O)O)C2)cc1. The van der Waals surface area contributed by atoms with E-state index in [9.17, 15) is 9.59 Å². The first-order valence-electron chi connectivity index (χ1n) is 9.67. The minimum atomic E-state index is -0.952. The van der Waals surface area contributed by atoms with E-state index in [4.69, 9.17) is 15.7 Å². The van der Waals surface area contributed by atoms with Crippen molar-refractivity contribution in [2.24, 2.45) is 15.9 Å². The highest BCUT2D eigenvalue weighted by Crippen LogP contribution is 2.19. The number of carboxylic acid groups (broad SMARTS) is 1. The molecule has 0 aliphatic carbocycles. The van der Waals surface area contributed by atoms with Crippen LogP contribution in [0.1, 0.15) is 36.0 Å². The van der Waals surface area contributed by atoms with Gasteiger partial charge in [-0.1, -0.05) is 59.8 Å². The molecule has 4 N–H and O–H groups in total. The summed E-state index contributed by atoms with van der Waals surface area (Å²) in [5.41, 5.74) is 9.66. The van der Waals surface area contributed by atoms with Gasteiger partial charge in [-0.25, -0.2) is 0 Å². The zero-order valence-corrected chi connectivity index (χ0v) is 16.5.